The summed E-state index contributed by atoms with van der Waals surface area (Å²) in [5.74, 6) is -0.206. The minimum absolute atomic E-state index is 0.0765. The Labute approximate surface area is 102 Å². The molecule has 2 N–H and O–H groups in total. The number of nitrogens with two attached hydrogens (primary N) is 1. The number of aromatic nitrogens is 1. The van der Waals surface area contributed by atoms with Crippen LogP contribution in [0.1, 0.15) is 10.8 Å². The molecule has 0 saturated heterocycles. The Bertz CT molecular complexity index is 445. The van der Waals surface area contributed by atoms with Crippen LogP contribution in [0, 0.1) is 5.82 Å². The summed E-state index contributed by atoms with van der Waals surface area (Å²) < 4.78 is 14.5. The number of thiazole rings is 1. The SMILES string of the molecule is NCC(Sc1nccs1)c1ccccc1F. The first-order chi connectivity index (χ1) is 7.81. The molecule has 1 atom stereocenters. The van der Waals surface area contributed by atoms with Crippen molar-refractivity contribution in [1.82, 2.24) is 4.98 Å². The summed E-state index contributed by atoms with van der Waals surface area (Å²) in [6.07, 6.45) is 1.74. The summed E-state index contributed by atoms with van der Waals surface area (Å²) in [5, 5.41) is 1.82. The first-order valence-corrected chi connectivity index (χ1v) is 6.58. The number of benzene rings is 1. The van der Waals surface area contributed by atoms with E-state index in [1.165, 1.54) is 17.8 Å². The van der Waals surface area contributed by atoms with Crippen LogP contribution in [0.5, 0.6) is 0 Å². The number of nitrogens with zero attached hydrogens (tertiary/aromatic N) is 1. The van der Waals surface area contributed by atoms with Crippen molar-refractivity contribution in [2.75, 3.05) is 6.54 Å². The van der Waals surface area contributed by atoms with E-state index in [0.29, 0.717) is 12.1 Å². The molecule has 5 heteroatoms. The largest absolute Gasteiger partial charge is 0.329 e. The Balaban J connectivity index is 2.20. The highest BCUT2D eigenvalue weighted by molar-refractivity contribution is 8.01. The molecule has 1 heterocycles. The van der Waals surface area contributed by atoms with E-state index < -0.39 is 0 Å². The molecule has 0 saturated carbocycles. The first-order valence-electron chi connectivity index (χ1n) is 4.82. The Morgan fingerprint density at radius 3 is 2.88 bits per heavy atom. The number of thioether (sulfide) groups is 1. The molecule has 1 unspecified atom stereocenters. The van der Waals surface area contributed by atoms with Gasteiger partial charge in [0.25, 0.3) is 0 Å². The van der Waals surface area contributed by atoms with Gasteiger partial charge in [-0.25, -0.2) is 9.37 Å². The summed E-state index contributed by atoms with van der Waals surface area (Å²) in [4.78, 5) is 4.16. The Hall–Kier alpha value is -0.910. The van der Waals surface area contributed by atoms with Gasteiger partial charge in [-0.1, -0.05) is 30.0 Å². The lowest BCUT2D eigenvalue weighted by Crippen LogP contribution is -2.10. The van der Waals surface area contributed by atoms with Gasteiger partial charge >= 0.3 is 0 Å². The topological polar surface area (TPSA) is 38.9 Å². The van der Waals surface area contributed by atoms with Crippen molar-refractivity contribution in [3.63, 3.8) is 0 Å². The van der Waals surface area contributed by atoms with Gasteiger partial charge in [0.1, 0.15) is 10.2 Å². The lowest BCUT2D eigenvalue weighted by Gasteiger charge is -2.13. The summed E-state index contributed by atoms with van der Waals surface area (Å²) in [6, 6.07) is 6.73. The summed E-state index contributed by atoms with van der Waals surface area (Å²) in [7, 11) is 0. The lowest BCUT2D eigenvalue weighted by atomic mass is 10.1. The Kier molecular flexibility index (Phi) is 3.93. The second-order valence-electron chi connectivity index (χ2n) is 3.16. The molecule has 0 aliphatic rings. The summed E-state index contributed by atoms with van der Waals surface area (Å²) in [6.45, 7) is 0.394. The molecule has 2 aromatic rings. The fraction of sp³-hybridized carbons (Fsp3) is 0.182. The zero-order valence-corrected chi connectivity index (χ0v) is 10.1. The highest BCUT2D eigenvalue weighted by Gasteiger charge is 2.16. The number of rotatable bonds is 4. The van der Waals surface area contributed by atoms with Crippen LogP contribution in [0.25, 0.3) is 0 Å². The van der Waals surface area contributed by atoms with Crippen LogP contribution in [0.4, 0.5) is 4.39 Å². The second-order valence-corrected chi connectivity index (χ2v) is 5.51. The molecule has 2 rings (SSSR count). The van der Waals surface area contributed by atoms with Gasteiger partial charge < -0.3 is 5.73 Å². The van der Waals surface area contributed by atoms with Crippen molar-refractivity contribution >= 4 is 23.1 Å². The van der Waals surface area contributed by atoms with Gasteiger partial charge in [-0.15, -0.1) is 11.3 Å². The fourth-order valence-electron chi connectivity index (χ4n) is 1.37. The smallest absolute Gasteiger partial charge is 0.150 e. The minimum Gasteiger partial charge on any atom is -0.329 e. The molecule has 2 nitrogen and oxygen atoms in total. The predicted molar refractivity (Wildman–Crippen MR) is 66.2 cm³/mol. The maximum atomic E-state index is 13.6. The molecule has 0 bridgehead atoms. The average molecular weight is 254 g/mol. The highest BCUT2D eigenvalue weighted by atomic mass is 32.2. The normalized spacial score (nSPS) is 12.6. The minimum atomic E-state index is -0.206. The second kappa shape index (κ2) is 5.43. The van der Waals surface area contributed by atoms with E-state index in [1.54, 1.807) is 29.7 Å². The first kappa shape index (κ1) is 11.6. The maximum Gasteiger partial charge on any atom is 0.150 e. The molecule has 16 heavy (non-hydrogen) atoms. The van der Waals surface area contributed by atoms with E-state index in [1.807, 2.05) is 11.4 Å². The van der Waals surface area contributed by atoms with Crippen LogP contribution in [0.3, 0.4) is 0 Å². The molecule has 0 spiro atoms. The van der Waals surface area contributed by atoms with Gasteiger partial charge in [-0.05, 0) is 6.07 Å². The summed E-state index contributed by atoms with van der Waals surface area (Å²) >= 11 is 3.05. The average Bonchev–Trinajstić information content (AvgIpc) is 2.80. The lowest BCUT2D eigenvalue weighted by molar-refractivity contribution is 0.608. The molecule has 0 radical (unpaired) electrons. The van der Waals surface area contributed by atoms with E-state index in [0.717, 1.165) is 4.34 Å². The van der Waals surface area contributed by atoms with Crippen molar-refractivity contribution in [3.05, 3.63) is 47.2 Å². The van der Waals surface area contributed by atoms with Crippen LogP contribution in [0.2, 0.25) is 0 Å². The van der Waals surface area contributed by atoms with Crippen LogP contribution >= 0.6 is 23.1 Å². The van der Waals surface area contributed by atoms with Gasteiger partial charge in [0.2, 0.25) is 0 Å². The van der Waals surface area contributed by atoms with Crippen molar-refractivity contribution in [2.45, 2.75) is 9.59 Å². The maximum absolute atomic E-state index is 13.6. The predicted octanol–water partition coefficient (Wildman–Crippen LogP) is 3.07. The van der Waals surface area contributed by atoms with Crippen molar-refractivity contribution in [1.29, 1.82) is 0 Å². The van der Waals surface area contributed by atoms with E-state index in [9.17, 15) is 4.39 Å². The molecule has 1 aromatic heterocycles. The standard InChI is InChI=1S/C11H11FN2S2/c12-9-4-2-1-3-8(9)10(7-13)16-11-14-5-6-15-11/h1-6,10H,7,13H2. The van der Waals surface area contributed by atoms with Gasteiger partial charge in [-0.2, -0.15) is 0 Å². The zero-order chi connectivity index (χ0) is 11.4. The van der Waals surface area contributed by atoms with Gasteiger partial charge in [0, 0.05) is 23.7 Å². The number of halogens is 1. The number of hydrogen-bond acceptors (Lipinski definition) is 4. The number of hydrogen-bond donors (Lipinski definition) is 1. The summed E-state index contributed by atoms with van der Waals surface area (Å²) in [5.41, 5.74) is 6.32. The van der Waals surface area contributed by atoms with E-state index in [4.69, 9.17) is 5.73 Å². The molecule has 1 aromatic carbocycles. The Morgan fingerprint density at radius 1 is 1.44 bits per heavy atom. The van der Waals surface area contributed by atoms with Crippen LogP contribution in [-0.2, 0) is 0 Å². The molecular formula is C11H11FN2S2. The van der Waals surface area contributed by atoms with Crippen molar-refractivity contribution in [2.24, 2.45) is 5.73 Å². The molecule has 0 fully saturated rings. The third-order valence-electron chi connectivity index (χ3n) is 2.12. The monoisotopic (exact) mass is 254 g/mol. The van der Waals surface area contributed by atoms with Crippen LogP contribution in [-0.4, -0.2) is 11.5 Å². The molecule has 0 aliphatic heterocycles. The van der Waals surface area contributed by atoms with Crippen molar-refractivity contribution in [3.8, 4) is 0 Å². The van der Waals surface area contributed by atoms with Crippen molar-refractivity contribution < 1.29 is 4.39 Å². The third-order valence-corrected chi connectivity index (χ3v) is 4.30. The highest BCUT2D eigenvalue weighted by Crippen LogP contribution is 2.36. The zero-order valence-electron chi connectivity index (χ0n) is 8.47. The van der Waals surface area contributed by atoms with Gasteiger partial charge in [0.05, 0.1) is 5.25 Å². The molecular weight excluding hydrogens is 243 g/mol. The van der Waals surface area contributed by atoms with Gasteiger partial charge in [0.15, 0.2) is 0 Å². The van der Waals surface area contributed by atoms with E-state index >= 15 is 0 Å². The Morgan fingerprint density at radius 2 is 2.25 bits per heavy atom. The third kappa shape index (κ3) is 2.61. The molecule has 0 aliphatic carbocycles. The van der Waals surface area contributed by atoms with Gasteiger partial charge in [-0.3, -0.25) is 0 Å². The van der Waals surface area contributed by atoms with E-state index in [2.05, 4.69) is 4.98 Å². The molecule has 84 valence electrons. The quantitative estimate of drug-likeness (QED) is 0.852. The fourth-order valence-corrected chi connectivity index (χ4v) is 3.24. The van der Waals surface area contributed by atoms with E-state index in [-0.39, 0.29) is 11.1 Å². The molecule has 0 amide bonds. The van der Waals surface area contributed by atoms with Crippen LogP contribution in [0.15, 0.2) is 40.2 Å². The van der Waals surface area contributed by atoms with Crippen LogP contribution < -0.4 is 5.73 Å².